The van der Waals surface area contributed by atoms with E-state index in [0.29, 0.717) is 5.92 Å². The van der Waals surface area contributed by atoms with Crippen LogP contribution in [-0.2, 0) is 0 Å². The third-order valence-electron chi connectivity index (χ3n) is 8.99. The molecular formula is C37H41ClN2O. The van der Waals surface area contributed by atoms with Gasteiger partial charge in [0.15, 0.2) is 0 Å². The molecule has 1 unspecified atom stereocenters. The van der Waals surface area contributed by atoms with Gasteiger partial charge in [0.1, 0.15) is 18.4 Å². The van der Waals surface area contributed by atoms with Crippen molar-refractivity contribution < 1.29 is 16.8 Å². The summed E-state index contributed by atoms with van der Waals surface area (Å²) in [6.45, 7) is 16.9. The first-order valence-corrected chi connectivity index (χ1v) is 14.6. The topological polar surface area (TPSA) is 19.4 Å². The molecular weight excluding hydrogens is 524 g/mol. The van der Waals surface area contributed by atoms with E-state index in [1.807, 2.05) is 0 Å². The molecule has 3 aliphatic rings. The Kier molecular flexibility index (Phi) is 7.55. The van der Waals surface area contributed by atoms with Gasteiger partial charge in [0.25, 0.3) is 0 Å². The van der Waals surface area contributed by atoms with Crippen molar-refractivity contribution in [1.82, 2.24) is 4.58 Å². The zero-order chi connectivity index (χ0) is 28.3. The quantitative estimate of drug-likeness (QED) is 0.198. The minimum atomic E-state index is 0. The lowest BCUT2D eigenvalue weighted by Crippen LogP contribution is -3.00. The molecule has 2 aliphatic heterocycles. The molecule has 0 radical (unpaired) electrons. The number of aryl methyl sites for hydroxylation is 3. The molecule has 0 saturated heterocycles. The van der Waals surface area contributed by atoms with Gasteiger partial charge < -0.3 is 21.7 Å². The van der Waals surface area contributed by atoms with Gasteiger partial charge in [-0.25, -0.2) is 0 Å². The Morgan fingerprint density at radius 1 is 0.878 bits per heavy atom. The predicted molar refractivity (Wildman–Crippen MR) is 170 cm³/mol. The number of hydrogen-bond donors (Lipinski definition) is 0. The van der Waals surface area contributed by atoms with Gasteiger partial charge in [0.05, 0.1) is 6.07 Å². The van der Waals surface area contributed by atoms with Gasteiger partial charge in [-0.1, -0.05) is 48.4 Å². The Morgan fingerprint density at radius 3 is 2.24 bits per heavy atom. The van der Waals surface area contributed by atoms with Crippen LogP contribution < -0.4 is 27.2 Å². The summed E-state index contributed by atoms with van der Waals surface area (Å²) in [6.07, 6.45) is 1.14. The van der Waals surface area contributed by atoms with Crippen LogP contribution in [0.2, 0.25) is 0 Å². The number of hydrogen-bond acceptors (Lipinski definition) is 2. The summed E-state index contributed by atoms with van der Waals surface area (Å²) in [5, 5.41) is 2.30. The Balaban J connectivity index is 0.00000337. The van der Waals surface area contributed by atoms with Crippen molar-refractivity contribution in [2.24, 2.45) is 0 Å². The lowest BCUT2D eigenvalue weighted by Gasteiger charge is -2.47. The highest BCUT2D eigenvalue weighted by Gasteiger charge is 2.36. The van der Waals surface area contributed by atoms with E-state index in [1.165, 1.54) is 44.5 Å². The van der Waals surface area contributed by atoms with Gasteiger partial charge in [-0.2, -0.15) is 4.58 Å². The van der Waals surface area contributed by atoms with Gasteiger partial charge in [-0.15, -0.1) is 0 Å². The normalized spacial score (nSPS) is 16.9. The molecule has 0 fully saturated rings. The van der Waals surface area contributed by atoms with E-state index in [2.05, 4.69) is 138 Å². The van der Waals surface area contributed by atoms with Crippen molar-refractivity contribution in [3.05, 3.63) is 100 Å². The lowest BCUT2D eigenvalue weighted by molar-refractivity contribution is -0.00000928. The molecule has 41 heavy (non-hydrogen) atoms. The summed E-state index contributed by atoms with van der Waals surface area (Å²) in [5.74, 6) is 1.38. The zero-order valence-corrected chi connectivity index (χ0v) is 26.4. The number of fused-ring (bicyclic) bond motifs is 3. The van der Waals surface area contributed by atoms with E-state index in [-0.39, 0.29) is 17.9 Å². The monoisotopic (exact) mass is 564 g/mol. The zero-order valence-electron chi connectivity index (χ0n) is 25.6. The summed E-state index contributed by atoms with van der Waals surface area (Å²) in [4.78, 5) is 2.56. The minimum Gasteiger partial charge on any atom is -1.00 e. The molecule has 0 amide bonds. The molecule has 6 rings (SSSR count). The molecule has 3 aromatic rings. The first-order chi connectivity index (χ1) is 19.1. The molecule has 4 heteroatoms. The second-order valence-electron chi connectivity index (χ2n) is 12.4. The van der Waals surface area contributed by atoms with E-state index in [1.54, 1.807) is 0 Å². The average Bonchev–Trinajstić information content (AvgIpc) is 2.91. The lowest BCUT2D eigenvalue weighted by atomic mass is 9.79. The van der Waals surface area contributed by atoms with Crippen LogP contribution in [0.25, 0.3) is 33.4 Å². The molecule has 0 spiro atoms. The molecule has 0 N–H and O–H groups in total. The van der Waals surface area contributed by atoms with Crippen LogP contribution in [0.4, 0.5) is 11.4 Å². The Labute approximate surface area is 250 Å². The van der Waals surface area contributed by atoms with E-state index in [4.69, 9.17) is 4.42 Å². The largest absolute Gasteiger partial charge is 1.00 e. The van der Waals surface area contributed by atoms with E-state index in [0.717, 1.165) is 40.9 Å². The third kappa shape index (κ3) is 4.95. The maximum atomic E-state index is 6.83. The number of nitrogens with zero attached hydrogens (tertiary/aromatic N) is 2. The number of rotatable bonds is 3. The van der Waals surface area contributed by atoms with Crippen LogP contribution in [-0.4, -0.2) is 19.1 Å². The molecule has 212 valence electrons. The number of halogens is 1. The van der Waals surface area contributed by atoms with Crippen molar-refractivity contribution in [2.75, 3.05) is 18.5 Å². The van der Waals surface area contributed by atoms with Gasteiger partial charge in [-0.3, -0.25) is 0 Å². The minimum absolute atomic E-state index is 0. The van der Waals surface area contributed by atoms with Crippen molar-refractivity contribution in [3.8, 4) is 22.5 Å². The van der Waals surface area contributed by atoms with Gasteiger partial charge in [0, 0.05) is 58.5 Å². The van der Waals surface area contributed by atoms with E-state index in [9.17, 15) is 0 Å². The molecule has 0 bridgehead atoms. The van der Waals surface area contributed by atoms with Gasteiger partial charge in [0.2, 0.25) is 11.0 Å². The van der Waals surface area contributed by atoms with Crippen molar-refractivity contribution >= 4 is 22.3 Å². The summed E-state index contributed by atoms with van der Waals surface area (Å²) in [5.41, 5.74) is 12.4. The molecule has 2 heterocycles. The fourth-order valence-corrected chi connectivity index (χ4v) is 6.96. The Bertz CT molecular complexity index is 1800. The number of anilines is 1. The first-order valence-electron chi connectivity index (χ1n) is 14.6. The Hall–Kier alpha value is -3.56. The van der Waals surface area contributed by atoms with Crippen LogP contribution in [0.15, 0.2) is 77.2 Å². The average molecular weight is 565 g/mol. The van der Waals surface area contributed by atoms with Crippen molar-refractivity contribution in [1.29, 1.82) is 0 Å². The Morgan fingerprint density at radius 2 is 1.56 bits per heavy atom. The first kappa shape index (κ1) is 29.0. The fourth-order valence-electron chi connectivity index (χ4n) is 6.96. The van der Waals surface area contributed by atoms with Crippen LogP contribution in [0.3, 0.4) is 0 Å². The molecule has 1 aliphatic carbocycles. The summed E-state index contributed by atoms with van der Waals surface area (Å²) in [7, 11) is 2.12. The molecule has 0 saturated carbocycles. The predicted octanol–water partition coefficient (Wildman–Crippen LogP) is 5.98. The highest BCUT2D eigenvalue weighted by molar-refractivity contribution is 6.04. The summed E-state index contributed by atoms with van der Waals surface area (Å²) in [6, 6.07) is 26.9. The summed E-state index contributed by atoms with van der Waals surface area (Å²) >= 11 is 0. The molecule has 1 atom stereocenters. The highest BCUT2D eigenvalue weighted by atomic mass is 35.5. The number of benzene rings is 4. The molecule has 3 aromatic carbocycles. The van der Waals surface area contributed by atoms with E-state index < -0.39 is 0 Å². The van der Waals surface area contributed by atoms with Gasteiger partial charge in [-0.05, 0) is 82.7 Å². The van der Waals surface area contributed by atoms with Crippen LogP contribution in [0.5, 0.6) is 0 Å². The van der Waals surface area contributed by atoms with Crippen LogP contribution in [0, 0.1) is 20.8 Å². The standard InChI is InChI=1S/C37H41N2O.ClH/c1-9-39-33-21-35-32(20-31(33)26(5)22-37(39,6)7)36(29-16-12-24(3)18-25(29)4)30-17-15-28(19-34(30)40-35)38(8)27-13-10-23(2)11-14-27;/h10-21,26H,9,22H2,1-8H3;1H/q+1;/p-1. The molecule has 0 aromatic heterocycles. The summed E-state index contributed by atoms with van der Waals surface area (Å²) < 4.78 is 9.05. The highest BCUT2D eigenvalue weighted by Crippen LogP contribution is 2.48. The second-order valence-corrected chi connectivity index (χ2v) is 12.4. The van der Waals surface area contributed by atoms with Crippen molar-refractivity contribution in [3.63, 3.8) is 0 Å². The van der Waals surface area contributed by atoms with Crippen LogP contribution in [0.1, 0.15) is 62.3 Å². The van der Waals surface area contributed by atoms with Gasteiger partial charge >= 0.3 is 0 Å². The van der Waals surface area contributed by atoms with Crippen molar-refractivity contribution in [2.45, 2.75) is 66.3 Å². The fraction of sp³-hybridized carbons (Fsp3) is 0.324. The van der Waals surface area contributed by atoms with Crippen LogP contribution >= 0.6 is 0 Å². The van der Waals surface area contributed by atoms with E-state index >= 15 is 0 Å². The second kappa shape index (κ2) is 10.7. The smallest absolute Gasteiger partial charge is 0.209 e. The SMILES string of the molecule is CCN1c2cc3oc4cc(=[N+](C)c5ccc(C)cc5)ccc-4c(-c4ccc(C)cc4C)c3cc2C(C)CC1(C)C.[Cl-]. The maximum Gasteiger partial charge on any atom is 0.209 e. The molecule has 3 nitrogen and oxygen atoms in total. The maximum absolute atomic E-state index is 6.83. The third-order valence-corrected chi connectivity index (χ3v) is 8.99.